The number of rotatable bonds is 5. The van der Waals surface area contributed by atoms with Crippen LogP contribution in [0.1, 0.15) is 30.9 Å². The fourth-order valence-electron chi connectivity index (χ4n) is 4.30. The Morgan fingerprint density at radius 2 is 2.16 bits per heavy atom. The molecule has 0 amide bonds. The van der Waals surface area contributed by atoms with E-state index in [9.17, 15) is 4.39 Å². The van der Waals surface area contributed by atoms with E-state index in [1.165, 1.54) is 29.3 Å². The maximum atomic E-state index is 14.0. The lowest BCUT2D eigenvalue weighted by Crippen LogP contribution is -2.44. The van der Waals surface area contributed by atoms with Crippen LogP contribution in [0.15, 0.2) is 41.5 Å². The third-order valence-corrected chi connectivity index (χ3v) is 5.83. The highest BCUT2D eigenvalue weighted by atomic mass is 127. The number of guanidine groups is 1. The van der Waals surface area contributed by atoms with Crippen LogP contribution in [0, 0.1) is 5.82 Å². The van der Waals surface area contributed by atoms with Gasteiger partial charge in [-0.1, -0.05) is 12.1 Å². The molecule has 4 rings (SSSR count). The summed E-state index contributed by atoms with van der Waals surface area (Å²) in [7, 11) is 2.16. The van der Waals surface area contributed by atoms with Gasteiger partial charge in [-0.05, 0) is 55.5 Å². The first-order valence-electron chi connectivity index (χ1n) is 10.9. The van der Waals surface area contributed by atoms with Crippen molar-refractivity contribution in [3.63, 3.8) is 0 Å². The molecule has 1 atom stereocenters. The van der Waals surface area contributed by atoms with Gasteiger partial charge in [-0.15, -0.1) is 24.0 Å². The average Bonchev–Trinajstić information content (AvgIpc) is 3.21. The Balaban J connectivity index is 0.00000272. The number of anilines is 2. The molecule has 8 heteroatoms. The molecular weight excluding hydrogens is 506 g/mol. The van der Waals surface area contributed by atoms with Gasteiger partial charge in [-0.25, -0.2) is 14.4 Å². The molecule has 6 nitrogen and oxygen atoms in total. The Hall–Kier alpha value is -2.10. The van der Waals surface area contributed by atoms with E-state index in [0.717, 1.165) is 38.4 Å². The number of aliphatic imine (C=N–C) groups is 1. The van der Waals surface area contributed by atoms with E-state index in [2.05, 4.69) is 52.7 Å². The van der Waals surface area contributed by atoms with E-state index < -0.39 is 0 Å². The number of aryl methyl sites for hydroxylation is 1. The first-order chi connectivity index (χ1) is 14.6. The summed E-state index contributed by atoms with van der Waals surface area (Å²) in [6.07, 6.45) is 4.90. The highest BCUT2D eigenvalue weighted by Crippen LogP contribution is 2.27. The lowest BCUT2D eigenvalue weighted by atomic mass is 10.00. The molecule has 0 aliphatic carbocycles. The number of hydrogen-bond donors (Lipinski definition) is 2. The third-order valence-electron chi connectivity index (χ3n) is 5.83. The number of pyridine rings is 1. The van der Waals surface area contributed by atoms with Crippen LogP contribution in [-0.4, -0.2) is 50.2 Å². The molecule has 1 aromatic heterocycles. The summed E-state index contributed by atoms with van der Waals surface area (Å²) in [5, 5.41) is 6.85. The number of aromatic nitrogens is 1. The number of benzene rings is 1. The summed E-state index contributed by atoms with van der Waals surface area (Å²) >= 11 is 0. The van der Waals surface area contributed by atoms with Gasteiger partial charge >= 0.3 is 0 Å². The molecule has 0 spiro atoms. The van der Waals surface area contributed by atoms with Gasteiger partial charge in [-0.2, -0.15) is 0 Å². The molecule has 168 valence electrons. The number of halogens is 2. The second-order valence-corrected chi connectivity index (χ2v) is 8.07. The molecule has 1 saturated heterocycles. The molecule has 0 radical (unpaired) electrons. The average molecular weight is 538 g/mol. The first kappa shape index (κ1) is 23.6. The standard InChI is InChI=1S/C23H31FN6.HI/c1-3-25-23(27-15-17-8-9-21-18(14-17)6-5-12-29(21)2)28-19-10-13-30(16-19)22-20(24)7-4-11-26-22;/h4,7-9,11,14,19H,3,5-6,10,12-13,15-16H2,1-2H3,(H2,25,27,28);1H. The summed E-state index contributed by atoms with van der Waals surface area (Å²) in [5.41, 5.74) is 3.98. The Labute approximate surface area is 201 Å². The molecule has 0 saturated carbocycles. The van der Waals surface area contributed by atoms with Crippen LogP contribution < -0.4 is 20.4 Å². The zero-order valence-corrected chi connectivity index (χ0v) is 20.6. The van der Waals surface area contributed by atoms with Crippen LogP contribution in [0.3, 0.4) is 0 Å². The highest BCUT2D eigenvalue weighted by Gasteiger charge is 2.26. The van der Waals surface area contributed by atoms with Crippen LogP contribution >= 0.6 is 24.0 Å². The molecule has 3 heterocycles. The Morgan fingerprint density at radius 3 is 2.97 bits per heavy atom. The minimum atomic E-state index is -0.267. The molecule has 0 bridgehead atoms. The van der Waals surface area contributed by atoms with Crippen molar-refractivity contribution < 1.29 is 4.39 Å². The highest BCUT2D eigenvalue weighted by molar-refractivity contribution is 14.0. The van der Waals surface area contributed by atoms with Gasteiger partial charge in [0, 0.05) is 51.2 Å². The molecule has 1 fully saturated rings. The van der Waals surface area contributed by atoms with Gasteiger partial charge in [0.15, 0.2) is 17.6 Å². The van der Waals surface area contributed by atoms with Crippen molar-refractivity contribution in [3.05, 3.63) is 53.5 Å². The van der Waals surface area contributed by atoms with Gasteiger partial charge in [0.05, 0.1) is 6.54 Å². The predicted octanol–water partition coefficient (Wildman–Crippen LogP) is 3.56. The molecule has 31 heavy (non-hydrogen) atoms. The van der Waals surface area contributed by atoms with Crippen molar-refractivity contribution in [1.29, 1.82) is 0 Å². The zero-order chi connectivity index (χ0) is 20.9. The Kier molecular flexibility index (Phi) is 8.34. The summed E-state index contributed by atoms with van der Waals surface area (Å²) < 4.78 is 14.0. The van der Waals surface area contributed by atoms with E-state index in [0.29, 0.717) is 18.9 Å². The van der Waals surface area contributed by atoms with Crippen molar-refractivity contribution in [2.75, 3.05) is 43.0 Å². The monoisotopic (exact) mass is 538 g/mol. The van der Waals surface area contributed by atoms with Crippen molar-refractivity contribution in [2.24, 2.45) is 4.99 Å². The van der Waals surface area contributed by atoms with E-state index in [1.807, 2.05) is 4.90 Å². The lowest BCUT2D eigenvalue weighted by molar-refractivity contribution is 0.612. The SMILES string of the molecule is CCNC(=NCc1ccc2c(c1)CCCN2C)NC1CCN(c2ncccc2F)C1.I. The summed E-state index contributed by atoms with van der Waals surface area (Å²) in [5.74, 6) is 0.972. The van der Waals surface area contributed by atoms with Crippen LogP contribution in [0.2, 0.25) is 0 Å². The normalized spacial score (nSPS) is 18.4. The minimum absolute atomic E-state index is 0. The minimum Gasteiger partial charge on any atom is -0.374 e. The predicted molar refractivity (Wildman–Crippen MR) is 136 cm³/mol. The summed E-state index contributed by atoms with van der Waals surface area (Å²) in [6.45, 7) is 6.12. The van der Waals surface area contributed by atoms with Crippen molar-refractivity contribution in [2.45, 2.75) is 38.8 Å². The molecular formula is C23H32FIN6. The smallest absolute Gasteiger partial charge is 0.191 e. The third kappa shape index (κ3) is 5.78. The quantitative estimate of drug-likeness (QED) is 0.347. The number of fused-ring (bicyclic) bond motifs is 1. The number of nitrogens with one attached hydrogen (secondary N) is 2. The molecule has 1 aromatic carbocycles. The van der Waals surface area contributed by atoms with Crippen LogP contribution in [-0.2, 0) is 13.0 Å². The van der Waals surface area contributed by atoms with E-state index in [1.54, 1.807) is 12.3 Å². The molecule has 2 aromatic rings. The topological polar surface area (TPSA) is 55.8 Å². The second kappa shape index (κ2) is 11.0. The molecule has 2 aliphatic rings. The fourth-order valence-corrected chi connectivity index (χ4v) is 4.30. The Bertz CT molecular complexity index is 905. The number of hydrogen-bond acceptors (Lipinski definition) is 4. The van der Waals surface area contributed by atoms with E-state index in [-0.39, 0.29) is 35.8 Å². The van der Waals surface area contributed by atoms with Crippen molar-refractivity contribution >= 4 is 41.4 Å². The lowest BCUT2D eigenvalue weighted by Gasteiger charge is -2.27. The van der Waals surface area contributed by atoms with Crippen molar-refractivity contribution in [1.82, 2.24) is 15.6 Å². The van der Waals surface area contributed by atoms with Gasteiger partial charge < -0.3 is 20.4 Å². The molecule has 1 unspecified atom stereocenters. The van der Waals surface area contributed by atoms with Gasteiger partial charge in [0.25, 0.3) is 0 Å². The zero-order valence-electron chi connectivity index (χ0n) is 18.3. The maximum Gasteiger partial charge on any atom is 0.191 e. The molecule has 2 N–H and O–H groups in total. The number of nitrogens with zero attached hydrogens (tertiary/aromatic N) is 4. The largest absolute Gasteiger partial charge is 0.374 e. The van der Waals surface area contributed by atoms with E-state index in [4.69, 9.17) is 4.99 Å². The van der Waals surface area contributed by atoms with Crippen LogP contribution in [0.25, 0.3) is 0 Å². The summed E-state index contributed by atoms with van der Waals surface area (Å²) in [4.78, 5) is 13.3. The summed E-state index contributed by atoms with van der Waals surface area (Å²) in [6, 6.07) is 9.98. The van der Waals surface area contributed by atoms with Crippen molar-refractivity contribution in [3.8, 4) is 0 Å². The molecule has 2 aliphatic heterocycles. The van der Waals surface area contributed by atoms with Gasteiger partial charge in [0.1, 0.15) is 0 Å². The first-order valence-corrected chi connectivity index (χ1v) is 10.9. The fraction of sp³-hybridized carbons (Fsp3) is 0.478. The van der Waals surface area contributed by atoms with E-state index >= 15 is 0 Å². The van der Waals surface area contributed by atoms with Gasteiger partial charge in [-0.3, -0.25) is 0 Å². The Morgan fingerprint density at radius 1 is 1.29 bits per heavy atom. The second-order valence-electron chi connectivity index (χ2n) is 8.07. The van der Waals surface area contributed by atoms with Gasteiger partial charge in [0.2, 0.25) is 0 Å². The van der Waals surface area contributed by atoms with Crippen LogP contribution in [0.5, 0.6) is 0 Å². The van der Waals surface area contributed by atoms with Crippen LogP contribution in [0.4, 0.5) is 15.9 Å². The maximum absolute atomic E-state index is 14.0.